The highest BCUT2D eigenvalue weighted by Gasteiger charge is 2.17. The van der Waals surface area contributed by atoms with Gasteiger partial charge < -0.3 is 9.64 Å². The monoisotopic (exact) mass is 362 g/mol. The maximum atomic E-state index is 12.5. The average molecular weight is 362 g/mol. The van der Waals surface area contributed by atoms with Crippen LogP contribution in [0.25, 0.3) is 0 Å². The Labute approximate surface area is 148 Å². The van der Waals surface area contributed by atoms with Crippen molar-refractivity contribution in [2.24, 2.45) is 0 Å². The number of carbonyl (C=O) groups excluding carboxylic acids is 1. The highest BCUT2D eigenvalue weighted by molar-refractivity contribution is 7.92. The van der Waals surface area contributed by atoms with Gasteiger partial charge in [-0.05, 0) is 56.3 Å². The molecule has 25 heavy (non-hydrogen) atoms. The van der Waals surface area contributed by atoms with Crippen molar-refractivity contribution in [1.82, 2.24) is 4.90 Å². The number of methoxy groups -OCH3 is 1. The van der Waals surface area contributed by atoms with Crippen molar-refractivity contribution < 1.29 is 17.9 Å². The fourth-order valence-electron chi connectivity index (χ4n) is 2.38. The normalized spacial score (nSPS) is 11.0. The minimum absolute atomic E-state index is 0.119. The van der Waals surface area contributed by atoms with Crippen molar-refractivity contribution in [2.45, 2.75) is 18.7 Å². The molecule has 0 aliphatic rings. The molecular weight excluding hydrogens is 340 g/mol. The summed E-state index contributed by atoms with van der Waals surface area (Å²) in [7, 11) is -2.23. The Kier molecular flexibility index (Phi) is 6.03. The molecule has 1 amide bonds. The lowest BCUT2D eigenvalue weighted by atomic mass is 10.2. The van der Waals surface area contributed by atoms with Crippen LogP contribution in [0, 0.1) is 0 Å². The molecule has 0 bridgehead atoms. The van der Waals surface area contributed by atoms with E-state index in [-0.39, 0.29) is 10.8 Å². The molecule has 0 atom stereocenters. The van der Waals surface area contributed by atoms with E-state index in [4.69, 9.17) is 4.74 Å². The quantitative estimate of drug-likeness (QED) is 0.822. The fourth-order valence-corrected chi connectivity index (χ4v) is 3.43. The summed E-state index contributed by atoms with van der Waals surface area (Å²) >= 11 is 0. The van der Waals surface area contributed by atoms with Crippen molar-refractivity contribution in [3.05, 3.63) is 54.1 Å². The molecule has 0 fully saturated rings. The Bertz CT molecular complexity index is 828. The summed E-state index contributed by atoms with van der Waals surface area (Å²) in [5.41, 5.74) is 0.785. The first kappa shape index (κ1) is 18.8. The molecule has 0 saturated carbocycles. The molecule has 2 rings (SSSR count). The predicted molar refractivity (Wildman–Crippen MR) is 97.5 cm³/mol. The number of carbonyl (C=O) groups is 1. The van der Waals surface area contributed by atoms with E-state index in [1.54, 1.807) is 41.3 Å². The Morgan fingerprint density at radius 3 is 2.28 bits per heavy atom. The van der Waals surface area contributed by atoms with Crippen molar-refractivity contribution >= 4 is 21.6 Å². The average Bonchev–Trinajstić information content (AvgIpc) is 2.62. The minimum atomic E-state index is -3.74. The van der Waals surface area contributed by atoms with Crippen LogP contribution in [0.4, 0.5) is 5.69 Å². The zero-order chi connectivity index (χ0) is 18.4. The first-order chi connectivity index (χ1) is 11.9. The van der Waals surface area contributed by atoms with Gasteiger partial charge in [-0.2, -0.15) is 0 Å². The summed E-state index contributed by atoms with van der Waals surface area (Å²) in [6.45, 7) is 4.99. The molecule has 0 heterocycles. The minimum Gasteiger partial charge on any atom is -0.497 e. The standard InChI is InChI=1S/C18H22N2O4S/c1-4-20(5-2)18(21)14-7-6-8-15(13-14)19-25(22,23)17-11-9-16(24-3)10-12-17/h6-13,19H,4-5H2,1-3H3. The van der Waals surface area contributed by atoms with Gasteiger partial charge in [-0.15, -0.1) is 0 Å². The summed E-state index contributed by atoms with van der Waals surface area (Å²) in [5, 5.41) is 0. The molecular formula is C18H22N2O4S. The number of benzene rings is 2. The van der Waals surface area contributed by atoms with E-state index in [9.17, 15) is 13.2 Å². The summed E-state index contributed by atoms with van der Waals surface area (Å²) in [5.74, 6) is 0.446. The van der Waals surface area contributed by atoms with E-state index in [0.717, 1.165) is 0 Å². The molecule has 134 valence electrons. The van der Waals surface area contributed by atoms with Gasteiger partial charge in [0.1, 0.15) is 5.75 Å². The van der Waals surface area contributed by atoms with E-state index in [1.807, 2.05) is 13.8 Å². The van der Waals surface area contributed by atoms with Crippen LogP contribution in [0.2, 0.25) is 0 Å². The molecule has 0 radical (unpaired) electrons. The number of nitrogens with one attached hydrogen (secondary N) is 1. The predicted octanol–water partition coefficient (Wildman–Crippen LogP) is 2.98. The number of amides is 1. The molecule has 7 heteroatoms. The van der Waals surface area contributed by atoms with E-state index in [1.165, 1.54) is 19.2 Å². The number of nitrogens with zero attached hydrogens (tertiary/aromatic N) is 1. The highest BCUT2D eigenvalue weighted by Crippen LogP contribution is 2.20. The third-order valence-corrected chi connectivity index (χ3v) is 5.18. The van der Waals surface area contributed by atoms with Gasteiger partial charge in [0.05, 0.1) is 12.0 Å². The molecule has 2 aromatic carbocycles. The van der Waals surface area contributed by atoms with Gasteiger partial charge in [0.25, 0.3) is 15.9 Å². The van der Waals surface area contributed by atoms with Crippen LogP contribution in [-0.4, -0.2) is 39.4 Å². The lowest BCUT2D eigenvalue weighted by molar-refractivity contribution is 0.0773. The molecule has 0 saturated heterocycles. The van der Waals surface area contributed by atoms with Gasteiger partial charge in [-0.3, -0.25) is 9.52 Å². The number of ether oxygens (including phenoxy) is 1. The van der Waals surface area contributed by atoms with Gasteiger partial charge in [-0.25, -0.2) is 8.42 Å². The third kappa shape index (κ3) is 4.51. The molecule has 0 unspecified atom stereocenters. The molecule has 0 aliphatic carbocycles. The van der Waals surface area contributed by atoms with Crippen LogP contribution in [0.1, 0.15) is 24.2 Å². The first-order valence-corrected chi connectivity index (χ1v) is 9.45. The van der Waals surface area contributed by atoms with Crippen LogP contribution in [-0.2, 0) is 10.0 Å². The second-order valence-electron chi connectivity index (χ2n) is 5.34. The van der Waals surface area contributed by atoms with Gasteiger partial charge in [0.15, 0.2) is 0 Å². The molecule has 2 aromatic rings. The van der Waals surface area contributed by atoms with Gasteiger partial charge in [-0.1, -0.05) is 6.07 Å². The number of anilines is 1. The van der Waals surface area contributed by atoms with Crippen LogP contribution in [0.5, 0.6) is 5.75 Å². The number of hydrogen-bond donors (Lipinski definition) is 1. The summed E-state index contributed by atoms with van der Waals surface area (Å²) in [6, 6.07) is 12.6. The van der Waals surface area contributed by atoms with E-state index in [0.29, 0.717) is 30.1 Å². The van der Waals surface area contributed by atoms with Crippen LogP contribution in [0.3, 0.4) is 0 Å². The first-order valence-electron chi connectivity index (χ1n) is 7.97. The van der Waals surface area contributed by atoms with Crippen LogP contribution in [0.15, 0.2) is 53.4 Å². The van der Waals surface area contributed by atoms with Crippen molar-refractivity contribution in [3.63, 3.8) is 0 Å². The highest BCUT2D eigenvalue weighted by atomic mass is 32.2. The Hall–Kier alpha value is -2.54. The Balaban J connectivity index is 2.24. The van der Waals surface area contributed by atoms with E-state index < -0.39 is 10.0 Å². The second-order valence-corrected chi connectivity index (χ2v) is 7.02. The summed E-state index contributed by atoms with van der Waals surface area (Å²) in [6.07, 6.45) is 0. The lowest BCUT2D eigenvalue weighted by Crippen LogP contribution is -2.30. The Morgan fingerprint density at radius 1 is 1.08 bits per heavy atom. The largest absolute Gasteiger partial charge is 0.497 e. The van der Waals surface area contributed by atoms with Gasteiger partial charge in [0, 0.05) is 24.3 Å². The molecule has 0 aliphatic heterocycles. The van der Waals surface area contributed by atoms with E-state index in [2.05, 4.69) is 4.72 Å². The Morgan fingerprint density at radius 2 is 1.72 bits per heavy atom. The summed E-state index contributed by atoms with van der Waals surface area (Å²) in [4.78, 5) is 14.2. The SMILES string of the molecule is CCN(CC)C(=O)c1cccc(NS(=O)(=O)c2ccc(OC)cc2)c1. The molecule has 0 aromatic heterocycles. The maximum Gasteiger partial charge on any atom is 0.261 e. The van der Waals surface area contributed by atoms with E-state index >= 15 is 0 Å². The van der Waals surface area contributed by atoms with Gasteiger partial charge in [0.2, 0.25) is 0 Å². The van der Waals surface area contributed by atoms with Crippen LogP contribution >= 0.6 is 0 Å². The van der Waals surface area contributed by atoms with Crippen molar-refractivity contribution in [1.29, 1.82) is 0 Å². The third-order valence-electron chi connectivity index (χ3n) is 3.78. The molecule has 0 spiro atoms. The van der Waals surface area contributed by atoms with Crippen molar-refractivity contribution in [2.75, 3.05) is 24.9 Å². The van der Waals surface area contributed by atoms with Crippen LogP contribution < -0.4 is 9.46 Å². The molecule has 6 nitrogen and oxygen atoms in total. The maximum absolute atomic E-state index is 12.5. The number of rotatable bonds is 7. The zero-order valence-corrected chi connectivity index (χ0v) is 15.3. The fraction of sp³-hybridized carbons (Fsp3) is 0.278. The van der Waals surface area contributed by atoms with Gasteiger partial charge >= 0.3 is 0 Å². The zero-order valence-electron chi connectivity index (χ0n) is 14.5. The number of sulfonamides is 1. The number of hydrogen-bond acceptors (Lipinski definition) is 4. The smallest absolute Gasteiger partial charge is 0.261 e. The lowest BCUT2D eigenvalue weighted by Gasteiger charge is -2.19. The molecule has 1 N–H and O–H groups in total. The summed E-state index contributed by atoms with van der Waals surface area (Å²) < 4.78 is 32.5. The topological polar surface area (TPSA) is 75.7 Å². The van der Waals surface area contributed by atoms with Crippen molar-refractivity contribution in [3.8, 4) is 5.75 Å². The second kappa shape index (κ2) is 8.02.